The summed E-state index contributed by atoms with van der Waals surface area (Å²) in [4.78, 5) is 1.89. The van der Waals surface area contributed by atoms with E-state index >= 15 is 0 Å². The number of aryl methyl sites for hydroxylation is 1. The molecule has 0 unspecified atom stereocenters. The van der Waals surface area contributed by atoms with Crippen LogP contribution in [0.5, 0.6) is 0 Å². The first-order valence-electron chi connectivity index (χ1n) is 7.48. The molecule has 0 N–H and O–H groups in total. The van der Waals surface area contributed by atoms with Crippen molar-refractivity contribution >= 4 is 10.0 Å². The molecule has 2 saturated heterocycles. The molecule has 2 atom stereocenters. The standard InChI is InChI=1S/C15H21FN2O3S/c1-11-3-4-15(12(16)9-11)22(19,20)18-6-5-14-13(10-18)17(2)7-8-21-14/h3-4,9,13-14H,5-8,10H2,1-2H3/t13-,14+/m1/s1. The first kappa shape index (κ1) is 15.9. The third kappa shape index (κ3) is 2.78. The summed E-state index contributed by atoms with van der Waals surface area (Å²) in [5, 5.41) is 0. The average Bonchev–Trinajstić information content (AvgIpc) is 2.47. The summed E-state index contributed by atoms with van der Waals surface area (Å²) in [5.74, 6) is -0.685. The summed E-state index contributed by atoms with van der Waals surface area (Å²) in [6.07, 6.45) is 0.704. The first-order valence-corrected chi connectivity index (χ1v) is 8.92. The Morgan fingerprint density at radius 2 is 2.09 bits per heavy atom. The number of piperidine rings is 1. The number of halogens is 1. The molecule has 0 aromatic heterocycles. The number of nitrogens with zero attached hydrogens (tertiary/aromatic N) is 2. The Morgan fingerprint density at radius 3 is 2.82 bits per heavy atom. The highest BCUT2D eigenvalue weighted by Gasteiger charge is 2.40. The summed E-state index contributed by atoms with van der Waals surface area (Å²) in [6.45, 7) is 3.91. The second kappa shape index (κ2) is 5.88. The Morgan fingerprint density at radius 1 is 1.32 bits per heavy atom. The molecule has 1 aromatic rings. The van der Waals surface area contributed by atoms with Crippen molar-refractivity contribution in [3.05, 3.63) is 29.6 Å². The van der Waals surface area contributed by atoms with E-state index in [2.05, 4.69) is 4.90 Å². The zero-order valence-electron chi connectivity index (χ0n) is 12.8. The molecule has 22 heavy (non-hydrogen) atoms. The van der Waals surface area contributed by atoms with Crippen LogP contribution < -0.4 is 0 Å². The molecule has 0 spiro atoms. The van der Waals surface area contributed by atoms with Gasteiger partial charge < -0.3 is 4.74 Å². The monoisotopic (exact) mass is 328 g/mol. The Bertz CT molecular complexity index is 665. The van der Waals surface area contributed by atoms with E-state index in [1.54, 1.807) is 13.0 Å². The van der Waals surface area contributed by atoms with Crippen LogP contribution in [0.25, 0.3) is 0 Å². The fourth-order valence-electron chi connectivity index (χ4n) is 3.19. The van der Waals surface area contributed by atoms with Gasteiger partial charge in [0, 0.05) is 25.7 Å². The number of hydrogen-bond acceptors (Lipinski definition) is 4. The lowest BCUT2D eigenvalue weighted by atomic mass is 10.0. The van der Waals surface area contributed by atoms with Crippen LogP contribution in [0.15, 0.2) is 23.1 Å². The highest BCUT2D eigenvalue weighted by Crippen LogP contribution is 2.27. The predicted molar refractivity (Wildman–Crippen MR) is 80.7 cm³/mol. The van der Waals surface area contributed by atoms with Crippen molar-refractivity contribution in [3.8, 4) is 0 Å². The van der Waals surface area contributed by atoms with Crippen molar-refractivity contribution in [1.82, 2.24) is 9.21 Å². The van der Waals surface area contributed by atoms with E-state index in [0.717, 1.165) is 6.54 Å². The SMILES string of the molecule is Cc1ccc(S(=O)(=O)N2CC[C@@H]3OCCN(C)[C@@H]3C2)c(F)c1. The lowest BCUT2D eigenvalue weighted by molar-refractivity contribution is -0.0840. The number of fused-ring (bicyclic) bond motifs is 1. The van der Waals surface area contributed by atoms with Crippen LogP contribution in [0.3, 0.4) is 0 Å². The van der Waals surface area contributed by atoms with E-state index in [-0.39, 0.29) is 17.0 Å². The topological polar surface area (TPSA) is 49.9 Å². The number of benzene rings is 1. The number of sulfonamides is 1. The van der Waals surface area contributed by atoms with Gasteiger partial charge in [0.25, 0.3) is 0 Å². The van der Waals surface area contributed by atoms with Crippen molar-refractivity contribution in [2.45, 2.75) is 30.4 Å². The molecule has 0 amide bonds. The first-order chi connectivity index (χ1) is 10.4. The fourth-order valence-corrected chi connectivity index (χ4v) is 4.70. The van der Waals surface area contributed by atoms with E-state index in [1.165, 1.54) is 16.4 Å². The van der Waals surface area contributed by atoms with Gasteiger partial charge in [-0.2, -0.15) is 4.31 Å². The van der Waals surface area contributed by atoms with Gasteiger partial charge in [0.05, 0.1) is 12.7 Å². The minimum absolute atomic E-state index is 0.0331. The molecule has 0 bridgehead atoms. The molecule has 0 aliphatic carbocycles. The number of ether oxygens (including phenoxy) is 1. The lowest BCUT2D eigenvalue weighted by Gasteiger charge is -2.45. The van der Waals surface area contributed by atoms with Gasteiger partial charge in [0.1, 0.15) is 10.7 Å². The van der Waals surface area contributed by atoms with Crippen LogP contribution in [0, 0.1) is 12.7 Å². The predicted octanol–water partition coefficient (Wildman–Crippen LogP) is 1.23. The summed E-state index contributed by atoms with van der Waals surface area (Å²) in [6, 6.07) is 4.27. The molecule has 3 rings (SSSR count). The summed E-state index contributed by atoms with van der Waals surface area (Å²) in [5.41, 5.74) is 0.704. The van der Waals surface area contributed by atoms with Gasteiger partial charge in [-0.1, -0.05) is 6.07 Å². The molecular weight excluding hydrogens is 307 g/mol. The van der Waals surface area contributed by atoms with Crippen LogP contribution in [0.4, 0.5) is 4.39 Å². The van der Waals surface area contributed by atoms with E-state index in [0.29, 0.717) is 31.7 Å². The summed E-state index contributed by atoms with van der Waals surface area (Å²) in [7, 11) is -1.83. The fraction of sp³-hybridized carbons (Fsp3) is 0.600. The van der Waals surface area contributed by atoms with Gasteiger partial charge in [0.15, 0.2) is 0 Å². The average molecular weight is 328 g/mol. The molecule has 2 fully saturated rings. The van der Waals surface area contributed by atoms with E-state index in [9.17, 15) is 12.8 Å². The Labute approximate surface area is 130 Å². The molecule has 1 aromatic carbocycles. The third-order valence-electron chi connectivity index (χ3n) is 4.53. The van der Waals surface area contributed by atoms with Crippen molar-refractivity contribution in [2.75, 3.05) is 33.3 Å². The maximum absolute atomic E-state index is 14.1. The Kier molecular flexibility index (Phi) is 4.24. The zero-order valence-corrected chi connectivity index (χ0v) is 13.6. The normalized spacial score (nSPS) is 27.6. The van der Waals surface area contributed by atoms with E-state index < -0.39 is 15.8 Å². The van der Waals surface area contributed by atoms with Crippen molar-refractivity contribution in [3.63, 3.8) is 0 Å². The van der Waals surface area contributed by atoms with Crippen molar-refractivity contribution in [1.29, 1.82) is 0 Å². The minimum Gasteiger partial charge on any atom is -0.375 e. The highest BCUT2D eigenvalue weighted by molar-refractivity contribution is 7.89. The Balaban J connectivity index is 1.86. The smallest absolute Gasteiger partial charge is 0.246 e. The molecular formula is C15H21FN2O3S. The van der Waals surface area contributed by atoms with Gasteiger partial charge in [-0.15, -0.1) is 0 Å². The molecule has 0 saturated carbocycles. The van der Waals surface area contributed by atoms with Gasteiger partial charge in [0.2, 0.25) is 10.0 Å². The third-order valence-corrected chi connectivity index (χ3v) is 6.43. The van der Waals surface area contributed by atoms with E-state index in [1.807, 2.05) is 7.05 Å². The van der Waals surface area contributed by atoms with Crippen LogP contribution in [-0.2, 0) is 14.8 Å². The second-order valence-corrected chi connectivity index (χ2v) is 7.95. The molecule has 2 heterocycles. The molecule has 2 aliphatic heterocycles. The lowest BCUT2D eigenvalue weighted by Crippen LogP contribution is -2.59. The number of morpholine rings is 1. The van der Waals surface area contributed by atoms with Crippen LogP contribution in [0.2, 0.25) is 0 Å². The van der Waals surface area contributed by atoms with E-state index in [4.69, 9.17) is 4.74 Å². The maximum Gasteiger partial charge on any atom is 0.246 e. The van der Waals surface area contributed by atoms with Crippen LogP contribution >= 0.6 is 0 Å². The molecule has 122 valence electrons. The number of likely N-dealkylation sites (N-methyl/N-ethyl adjacent to an activating group) is 1. The second-order valence-electron chi connectivity index (χ2n) is 6.04. The Hall–Kier alpha value is -1.02. The van der Waals surface area contributed by atoms with Crippen LogP contribution in [-0.4, -0.2) is 63.1 Å². The molecule has 7 heteroatoms. The number of hydrogen-bond donors (Lipinski definition) is 0. The van der Waals surface area contributed by atoms with Crippen LogP contribution in [0.1, 0.15) is 12.0 Å². The quantitative estimate of drug-likeness (QED) is 0.819. The van der Waals surface area contributed by atoms with Gasteiger partial charge in [-0.05, 0) is 38.1 Å². The van der Waals surface area contributed by atoms with Crippen molar-refractivity contribution in [2.24, 2.45) is 0 Å². The highest BCUT2D eigenvalue weighted by atomic mass is 32.2. The minimum atomic E-state index is -3.81. The van der Waals surface area contributed by atoms with Gasteiger partial charge >= 0.3 is 0 Å². The van der Waals surface area contributed by atoms with Gasteiger partial charge in [-0.3, -0.25) is 4.90 Å². The summed E-state index contributed by atoms with van der Waals surface area (Å²) < 4.78 is 46.6. The largest absolute Gasteiger partial charge is 0.375 e. The molecule has 5 nitrogen and oxygen atoms in total. The van der Waals surface area contributed by atoms with Gasteiger partial charge in [-0.25, -0.2) is 12.8 Å². The number of rotatable bonds is 2. The van der Waals surface area contributed by atoms with Crippen molar-refractivity contribution < 1.29 is 17.5 Å². The molecule has 0 radical (unpaired) electrons. The molecule has 2 aliphatic rings. The summed E-state index contributed by atoms with van der Waals surface area (Å²) >= 11 is 0. The zero-order chi connectivity index (χ0) is 15.9. The maximum atomic E-state index is 14.1.